The van der Waals surface area contributed by atoms with Gasteiger partial charge in [0.05, 0.1) is 18.5 Å². The number of aromatic nitrogens is 4. The fourth-order valence-electron chi connectivity index (χ4n) is 3.21. The summed E-state index contributed by atoms with van der Waals surface area (Å²) in [6.07, 6.45) is -3.72. The number of nitrogens with zero attached hydrogens (tertiary/aromatic N) is 5. The van der Waals surface area contributed by atoms with E-state index in [2.05, 4.69) is 15.0 Å². The fourth-order valence-corrected chi connectivity index (χ4v) is 4.16. The van der Waals surface area contributed by atoms with Gasteiger partial charge in [-0.1, -0.05) is 6.92 Å². The van der Waals surface area contributed by atoms with Gasteiger partial charge in [-0.25, -0.2) is 4.98 Å². The molecule has 12 heteroatoms. The number of fused-ring (bicyclic) bond motifs is 2. The summed E-state index contributed by atoms with van der Waals surface area (Å²) in [5.74, 6) is 0.858. The van der Waals surface area contributed by atoms with E-state index >= 15 is 0 Å². The molecule has 30 heavy (non-hydrogen) atoms. The van der Waals surface area contributed by atoms with Crippen LogP contribution in [0.2, 0.25) is 0 Å². The number of imidazole rings is 1. The Morgan fingerprint density at radius 2 is 2.07 bits per heavy atom. The van der Waals surface area contributed by atoms with Crippen LogP contribution in [0.5, 0.6) is 6.01 Å². The first-order valence-corrected chi connectivity index (χ1v) is 10.2. The zero-order valence-corrected chi connectivity index (χ0v) is 16.9. The molecule has 1 atom stereocenters. The summed E-state index contributed by atoms with van der Waals surface area (Å²) in [6, 6.07) is 2.02. The molecule has 2 N–H and O–H groups in total. The lowest BCUT2D eigenvalue weighted by Crippen LogP contribution is -2.34. The molecule has 4 heterocycles. The van der Waals surface area contributed by atoms with Gasteiger partial charge in [-0.05, 0) is 12.5 Å². The molecule has 8 nitrogen and oxygen atoms in total. The lowest BCUT2D eigenvalue weighted by molar-refractivity contribution is -0.141. The predicted octanol–water partition coefficient (Wildman–Crippen LogP) is 2.22. The van der Waals surface area contributed by atoms with Crippen molar-refractivity contribution in [2.75, 3.05) is 24.7 Å². The van der Waals surface area contributed by atoms with Crippen molar-refractivity contribution in [1.82, 2.24) is 19.5 Å². The standard InChI is InChI=1S/C18H20F3N5O3S/c1-2-11-5-12-15(23-17(24-16(12)30-11)29-9-10(28)8-27)26-4-3-25-6-13(18(19,20)21)22-14(25)7-26/h5-6,10,27-28H,2-4,7-9H2,1H3. The maximum Gasteiger partial charge on any atom is 0.434 e. The number of alkyl halides is 3. The lowest BCUT2D eigenvalue weighted by Gasteiger charge is -2.29. The summed E-state index contributed by atoms with van der Waals surface area (Å²) in [6.45, 7) is 2.34. The van der Waals surface area contributed by atoms with E-state index in [4.69, 9.17) is 9.84 Å². The van der Waals surface area contributed by atoms with Crippen molar-refractivity contribution in [2.45, 2.75) is 38.7 Å². The van der Waals surface area contributed by atoms with Crippen molar-refractivity contribution in [3.05, 3.63) is 28.7 Å². The van der Waals surface area contributed by atoms with E-state index in [0.29, 0.717) is 29.6 Å². The minimum absolute atomic E-state index is 0.0411. The summed E-state index contributed by atoms with van der Waals surface area (Å²) in [5, 5.41) is 19.3. The number of aliphatic hydroxyl groups is 2. The number of halogens is 3. The Kier molecular flexibility index (Phi) is 5.55. The van der Waals surface area contributed by atoms with Crippen LogP contribution in [0.25, 0.3) is 10.2 Å². The van der Waals surface area contributed by atoms with Gasteiger partial charge in [-0.3, -0.25) is 0 Å². The first-order chi connectivity index (χ1) is 14.3. The summed E-state index contributed by atoms with van der Waals surface area (Å²) < 4.78 is 46.0. The third-order valence-electron chi connectivity index (χ3n) is 4.76. The minimum atomic E-state index is -4.49. The van der Waals surface area contributed by atoms with Gasteiger partial charge in [0.1, 0.15) is 29.2 Å². The molecule has 0 fully saturated rings. The number of ether oxygens (including phenoxy) is 1. The second-order valence-electron chi connectivity index (χ2n) is 6.92. The Balaban J connectivity index is 1.68. The molecule has 0 aliphatic carbocycles. The molecule has 0 amide bonds. The second-order valence-corrected chi connectivity index (χ2v) is 8.03. The molecule has 1 unspecified atom stereocenters. The zero-order chi connectivity index (χ0) is 21.5. The van der Waals surface area contributed by atoms with E-state index in [-0.39, 0.29) is 19.2 Å². The summed E-state index contributed by atoms with van der Waals surface area (Å²) in [4.78, 5) is 16.2. The first-order valence-electron chi connectivity index (χ1n) is 9.38. The number of aliphatic hydroxyl groups excluding tert-OH is 2. The topological polar surface area (TPSA) is 96.5 Å². The molecular formula is C18H20F3N5O3S. The smallest absolute Gasteiger partial charge is 0.434 e. The van der Waals surface area contributed by atoms with Crippen LogP contribution in [-0.2, 0) is 25.7 Å². The Labute approximate surface area is 173 Å². The van der Waals surface area contributed by atoms with E-state index in [0.717, 1.165) is 22.9 Å². The third-order valence-corrected chi connectivity index (χ3v) is 5.93. The predicted molar refractivity (Wildman–Crippen MR) is 104 cm³/mol. The molecule has 0 spiro atoms. The van der Waals surface area contributed by atoms with E-state index in [1.807, 2.05) is 17.9 Å². The normalized spacial score (nSPS) is 15.5. The third kappa shape index (κ3) is 4.07. The van der Waals surface area contributed by atoms with E-state index < -0.39 is 24.6 Å². The van der Waals surface area contributed by atoms with Crippen LogP contribution in [0.15, 0.2) is 12.3 Å². The Morgan fingerprint density at radius 3 is 2.77 bits per heavy atom. The van der Waals surface area contributed by atoms with Crippen LogP contribution in [0.3, 0.4) is 0 Å². The lowest BCUT2D eigenvalue weighted by atomic mass is 10.2. The molecule has 1 aliphatic rings. The second kappa shape index (κ2) is 8.00. The van der Waals surface area contributed by atoms with Gasteiger partial charge in [0, 0.05) is 24.2 Å². The zero-order valence-electron chi connectivity index (χ0n) is 16.1. The molecule has 0 radical (unpaired) electrons. The van der Waals surface area contributed by atoms with Crippen LogP contribution < -0.4 is 9.64 Å². The Hall–Kier alpha value is -2.44. The van der Waals surface area contributed by atoms with Crippen molar-refractivity contribution < 1.29 is 28.1 Å². The number of thiophene rings is 1. The Morgan fingerprint density at radius 1 is 1.27 bits per heavy atom. The molecule has 162 valence electrons. The number of aryl methyl sites for hydroxylation is 1. The number of rotatable bonds is 6. The monoisotopic (exact) mass is 443 g/mol. The van der Waals surface area contributed by atoms with Crippen LogP contribution in [-0.4, -0.2) is 55.6 Å². The van der Waals surface area contributed by atoms with E-state index in [1.54, 1.807) is 0 Å². The highest BCUT2D eigenvalue weighted by Gasteiger charge is 2.36. The maximum atomic E-state index is 13.0. The van der Waals surface area contributed by atoms with Crippen molar-refractivity contribution in [3.8, 4) is 6.01 Å². The molecule has 3 aromatic rings. The summed E-state index contributed by atoms with van der Waals surface area (Å²) >= 11 is 1.48. The van der Waals surface area contributed by atoms with Crippen LogP contribution >= 0.6 is 11.3 Å². The molecule has 0 bridgehead atoms. The average Bonchev–Trinajstić information content (AvgIpc) is 3.34. The molecular weight excluding hydrogens is 423 g/mol. The highest BCUT2D eigenvalue weighted by atomic mass is 32.1. The first kappa shape index (κ1) is 20.8. The summed E-state index contributed by atoms with van der Waals surface area (Å²) in [7, 11) is 0. The quantitative estimate of drug-likeness (QED) is 0.603. The average molecular weight is 443 g/mol. The minimum Gasteiger partial charge on any atom is -0.461 e. The molecule has 0 saturated heterocycles. The van der Waals surface area contributed by atoms with Crippen molar-refractivity contribution in [1.29, 1.82) is 0 Å². The largest absolute Gasteiger partial charge is 0.461 e. The highest BCUT2D eigenvalue weighted by Crippen LogP contribution is 2.35. The number of anilines is 1. The van der Waals surface area contributed by atoms with Gasteiger partial charge in [0.2, 0.25) is 0 Å². The van der Waals surface area contributed by atoms with Gasteiger partial charge in [-0.15, -0.1) is 11.3 Å². The van der Waals surface area contributed by atoms with E-state index in [9.17, 15) is 18.3 Å². The van der Waals surface area contributed by atoms with Crippen molar-refractivity contribution in [2.24, 2.45) is 0 Å². The SMILES string of the molecule is CCc1cc2c(N3CCn4cc(C(F)(F)F)nc4C3)nc(OCC(O)CO)nc2s1. The molecule has 3 aromatic heterocycles. The molecule has 0 saturated carbocycles. The van der Waals surface area contributed by atoms with Gasteiger partial charge in [0.25, 0.3) is 0 Å². The van der Waals surface area contributed by atoms with E-state index in [1.165, 1.54) is 15.9 Å². The van der Waals surface area contributed by atoms with Crippen LogP contribution in [0.4, 0.5) is 19.0 Å². The molecule has 4 rings (SSSR count). The molecule has 1 aliphatic heterocycles. The van der Waals surface area contributed by atoms with Gasteiger partial charge < -0.3 is 24.4 Å². The van der Waals surface area contributed by atoms with Crippen molar-refractivity contribution in [3.63, 3.8) is 0 Å². The van der Waals surface area contributed by atoms with Gasteiger partial charge in [-0.2, -0.15) is 23.1 Å². The Bertz CT molecular complexity index is 1050. The fraction of sp³-hybridized carbons (Fsp3) is 0.500. The maximum absolute atomic E-state index is 13.0. The highest BCUT2D eigenvalue weighted by molar-refractivity contribution is 7.18. The number of hydrogen-bond acceptors (Lipinski definition) is 8. The van der Waals surface area contributed by atoms with Gasteiger partial charge in [0.15, 0.2) is 5.69 Å². The number of hydrogen-bond donors (Lipinski definition) is 2. The summed E-state index contributed by atoms with van der Waals surface area (Å²) in [5.41, 5.74) is -0.905. The van der Waals surface area contributed by atoms with Crippen LogP contribution in [0, 0.1) is 0 Å². The molecule has 0 aromatic carbocycles. The van der Waals surface area contributed by atoms with Crippen LogP contribution in [0.1, 0.15) is 23.3 Å². The van der Waals surface area contributed by atoms with Gasteiger partial charge >= 0.3 is 12.2 Å². The van der Waals surface area contributed by atoms with Crippen molar-refractivity contribution >= 4 is 27.4 Å².